The Balaban J connectivity index is 2.13. The molecule has 1 fully saturated rings. The molecule has 0 aromatic carbocycles. The molecule has 0 bridgehead atoms. The van der Waals surface area contributed by atoms with E-state index in [0.29, 0.717) is 17.9 Å². The average Bonchev–Trinajstić information content (AvgIpc) is 2.37. The summed E-state index contributed by atoms with van der Waals surface area (Å²) >= 11 is 0. The Kier molecular flexibility index (Phi) is 4.06. The Morgan fingerprint density at radius 1 is 1.37 bits per heavy atom. The van der Waals surface area contributed by atoms with E-state index in [-0.39, 0.29) is 0 Å². The molecule has 102 valence electrons. The number of nitrogens with one attached hydrogen (secondary N) is 1. The van der Waals surface area contributed by atoms with E-state index in [1.54, 1.807) is 0 Å². The Labute approximate surface area is 114 Å². The molecular weight excluding hydrogens is 238 g/mol. The average molecular weight is 259 g/mol. The lowest BCUT2D eigenvalue weighted by molar-refractivity contribution is 0.0166. The number of aromatic nitrogens is 1. The van der Waals surface area contributed by atoms with Gasteiger partial charge < -0.3 is 10.4 Å². The molecule has 0 atom stereocenters. The molecule has 1 aliphatic carbocycles. The minimum Gasteiger partial charge on any atom is -0.388 e. The van der Waals surface area contributed by atoms with Crippen molar-refractivity contribution in [2.24, 2.45) is 0 Å². The number of pyridine rings is 1. The van der Waals surface area contributed by atoms with Gasteiger partial charge in [-0.3, -0.25) is 0 Å². The summed E-state index contributed by atoms with van der Waals surface area (Å²) in [5, 5.41) is 22.8. The number of nitriles is 1. The number of aryl methyl sites for hydroxylation is 2. The molecule has 1 aliphatic rings. The first kappa shape index (κ1) is 13.8. The van der Waals surface area contributed by atoms with Gasteiger partial charge in [0, 0.05) is 12.2 Å². The predicted molar refractivity (Wildman–Crippen MR) is 75.0 cm³/mol. The first-order chi connectivity index (χ1) is 9.04. The first-order valence-corrected chi connectivity index (χ1v) is 6.89. The Morgan fingerprint density at radius 3 is 2.68 bits per heavy atom. The molecule has 0 spiro atoms. The molecule has 4 heteroatoms. The quantitative estimate of drug-likeness (QED) is 0.875. The molecule has 2 N–H and O–H groups in total. The number of aliphatic hydroxyl groups is 1. The van der Waals surface area contributed by atoms with E-state index >= 15 is 0 Å². The van der Waals surface area contributed by atoms with Crippen LogP contribution in [0.15, 0.2) is 6.07 Å². The van der Waals surface area contributed by atoms with Crippen LogP contribution in [-0.2, 0) is 0 Å². The van der Waals surface area contributed by atoms with Gasteiger partial charge >= 0.3 is 0 Å². The second-order valence-electron chi connectivity index (χ2n) is 5.55. The molecule has 1 heterocycles. The van der Waals surface area contributed by atoms with Crippen molar-refractivity contribution in [3.8, 4) is 6.07 Å². The summed E-state index contributed by atoms with van der Waals surface area (Å²) < 4.78 is 0. The van der Waals surface area contributed by atoms with Crippen molar-refractivity contribution in [2.45, 2.75) is 51.6 Å². The van der Waals surface area contributed by atoms with E-state index in [4.69, 9.17) is 0 Å². The van der Waals surface area contributed by atoms with Gasteiger partial charge in [-0.1, -0.05) is 19.3 Å². The zero-order valence-electron chi connectivity index (χ0n) is 11.7. The maximum Gasteiger partial charge on any atom is 0.144 e. The highest BCUT2D eigenvalue weighted by Gasteiger charge is 2.29. The lowest BCUT2D eigenvalue weighted by Crippen LogP contribution is -2.39. The van der Waals surface area contributed by atoms with Crippen LogP contribution in [0.1, 0.15) is 48.9 Å². The summed E-state index contributed by atoms with van der Waals surface area (Å²) in [6, 6.07) is 4.09. The highest BCUT2D eigenvalue weighted by atomic mass is 16.3. The summed E-state index contributed by atoms with van der Waals surface area (Å²) in [5.41, 5.74) is 1.73. The molecule has 2 rings (SSSR count). The molecule has 1 aromatic heterocycles. The zero-order chi connectivity index (χ0) is 13.9. The molecule has 4 nitrogen and oxygen atoms in total. The Morgan fingerprint density at radius 2 is 2.05 bits per heavy atom. The summed E-state index contributed by atoms with van der Waals surface area (Å²) in [6.07, 6.45) is 5.00. The van der Waals surface area contributed by atoms with Crippen LogP contribution in [0.5, 0.6) is 0 Å². The number of anilines is 1. The van der Waals surface area contributed by atoms with E-state index in [9.17, 15) is 10.4 Å². The van der Waals surface area contributed by atoms with Crippen LogP contribution >= 0.6 is 0 Å². The van der Waals surface area contributed by atoms with Crippen molar-refractivity contribution in [3.63, 3.8) is 0 Å². The van der Waals surface area contributed by atoms with Crippen molar-refractivity contribution >= 4 is 5.82 Å². The lowest BCUT2D eigenvalue weighted by atomic mass is 9.85. The van der Waals surface area contributed by atoms with Crippen molar-refractivity contribution in [3.05, 3.63) is 22.9 Å². The highest BCUT2D eigenvalue weighted by molar-refractivity contribution is 5.56. The van der Waals surface area contributed by atoms with E-state index in [1.165, 1.54) is 6.42 Å². The van der Waals surface area contributed by atoms with E-state index in [1.807, 2.05) is 19.9 Å². The van der Waals surface area contributed by atoms with Crippen molar-refractivity contribution < 1.29 is 5.11 Å². The van der Waals surface area contributed by atoms with Gasteiger partial charge in [0.1, 0.15) is 11.9 Å². The molecule has 19 heavy (non-hydrogen) atoms. The van der Waals surface area contributed by atoms with Gasteiger partial charge in [0.15, 0.2) is 0 Å². The van der Waals surface area contributed by atoms with E-state index < -0.39 is 5.60 Å². The Bertz CT molecular complexity index is 499. The molecule has 0 amide bonds. The predicted octanol–water partition coefficient (Wildman–Crippen LogP) is 2.68. The molecule has 1 saturated carbocycles. The molecular formula is C15H21N3O. The molecule has 1 aromatic rings. The van der Waals surface area contributed by atoms with E-state index in [2.05, 4.69) is 16.4 Å². The van der Waals surface area contributed by atoms with E-state index in [0.717, 1.165) is 36.9 Å². The monoisotopic (exact) mass is 259 g/mol. The molecule has 0 unspecified atom stereocenters. The second kappa shape index (κ2) is 5.58. The number of hydrogen-bond donors (Lipinski definition) is 2. The highest BCUT2D eigenvalue weighted by Crippen LogP contribution is 2.28. The zero-order valence-corrected chi connectivity index (χ0v) is 11.7. The van der Waals surface area contributed by atoms with Crippen LogP contribution < -0.4 is 5.32 Å². The fraction of sp³-hybridized carbons (Fsp3) is 0.600. The SMILES string of the molecule is Cc1cc(C)c(C#N)c(NCC2(O)CCCCC2)n1. The van der Waals surface area contributed by atoms with Gasteiger partial charge in [0.25, 0.3) is 0 Å². The lowest BCUT2D eigenvalue weighted by Gasteiger charge is -2.32. The molecule has 0 saturated heterocycles. The third-order valence-electron chi connectivity index (χ3n) is 3.83. The van der Waals surface area contributed by atoms with Gasteiger partial charge in [0.05, 0.1) is 11.2 Å². The summed E-state index contributed by atoms with van der Waals surface area (Å²) in [5.74, 6) is 0.596. The van der Waals surface area contributed by atoms with Crippen LogP contribution in [0, 0.1) is 25.2 Å². The topological polar surface area (TPSA) is 68.9 Å². The van der Waals surface area contributed by atoms with Crippen LogP contribution in [0.2, 0.25) is 0 Å². The first-order valence-electron chi connectivity index (χ1n) is 6.89. The van der Waals surface area contributed by atoms with Crippen molar-refractivity contribution in [1.82, 2.24) is 4.98 Å². The van der Waals surface area contributed by atoms with Gasteiger partial charge in [-0.05, 0) is 38.3 Å². The molecule has 0 radical (unpaired) electrons. The van der Waals surface area contributed by atoms with Crippen LogP contribution in [0.3, 0.4) is 0 Å². The maximum atomic E-state index is 10.5. The number of rotatable bonds is 3. The largest absolute Gasteiger partial charge is 0.388 e. The van der Waals surface area contributed by atoms with Gasteiger partial charge in [0.2, 0.25) is 0 Å². The fourth-order valence-corrected chi connectivity index (χ4v) is 2.74. The number of nitrogens with zero attached hydrogens (tertiary/aromatic N) is 2. The normalized spacial score (nSPS) is 17.8. The van der Waals surface area contributed by atoms with Crippen molar-refractivity contribution in [2.75, 3.05) is 11.9 Å². The van der Waals surface area contributed by atoms with Gasteiger partial charge in [-0.15, -0.1) is 0 Å². The minimum atomic E-state index is -0.649. The van der Waals surface area contributed by atoms with Crippen LogP contribution in [-0.4, -0.2) is 22.2 Å². The summed E-state index contributed by atoms with van der Waals surface area (Å²) in [4.78, 5) is 4.38. The standard InChI is InChI=1S/C15H21N3O/c1-11-8-12(2)18-14(13(11)9-16)17-10-15(19)6-4-3-5-7-15/h8,19H,3-7,10H2,1-2H3,(H,17,18). The smallest absolute Gasteiger partial charge is 0.144 e. The van der Waals surface area contributed by atoms with Gasteiger partial charge in [-0.2, -0.15) is 5.26 Å². The van der Waals surface area contributed by atoms with Crippen molar-refractivity contribution in [1.29, 1.82) is 5.26 Å². The van der Waals surface area contributed by atoms with Crippen LogP contribution in [0.25, 0.3) is 0 Å². The maximum absolute atomic E-state index is 10.5. The summed E-state index contributed by atoms with van der Waals surface area (Å²) in [6.45, 7) is 4.29. The molecule has 0 aliphatic heterocycles. The summed E-state index contributed by atoms with van der Waals surface area (Å²) in [7, 11) is 0. The third kappa shape index (κ3) is 3.24. The second-order valence-corrected chi connectivity index (χ2v) is 5.55. The minimum absolute atomic E-state index is 0.470. The van der Waals surface area contributed by atoms with Gasteiger partial charge in [-0.25, -0.2) is 4.98 Å². The Hall–Kier alpha value is -1.60. The fourth-order valence-electron chi connectivity index (χ4n) is 2.74. The number of hydrogen-bond acceptors (Lipinski definition) is 4. The van der Waals surface area contributed by atoms with Crippen LogP contribution in [0.4, 0.5) is 5.82 Å². The third-order valence-corrected chi connectivity index (χ3v) is 3.83.